The maximum atomic E-state index is 12.1. The van der Waals surface area contributed by atoms with Gasteiger partial charge in [0, 0.05) is 13.1 Å². The Bertz CT molecular complexity index is 577. The van der Waals surface area contributed by atoms with Crippen LogP contribution in [0.1, 0.15) is 25.0 Å². The van der Waals surface area contributed by atoms with Gasteiger partial charge >= 0.3 is 0 Å². The number of morpholine rings is 1. The molecule has 2 rings (SSSR count). The molecule has 0 bridgehead atoms. The van der Waals surface area contributed by atoms with Crippen molar-refractivity contribution in [2.45, 2.75) is 19.4 Å². The Labute approximate surface area is 129 Å². The SMILES string of the molecule is CCCS(=O)(=O)N1CCOC(c2ccc(Cl)c(Cl)c2)C1. The van der Waals surface area contributed by atoms with Crippen molar-refractivity contribution in [2.24, 2.45) is 0 Å². The fraction of sp³-hybridized carbons (Fsp3) is 0.538. The summed E-state index contributed by atoms with van der Waals surface area (Å²) in [6.45, 7) is 2.96. The third kappa shape index (κ3) is 3.65. The molecule has 0 spiro atoms. The number of benzene rings is 1. The Morgan fingerprint density at radius 3 is 2.75 bits per heavy atom. The quantitative estimate of drug-likeness (QED) is 0.847. The Kier molecular flexibility index (Phi) is 5.31. The molecule has 0 N–H and O–H groups in total. The van der Waals surface area contributed by atoms with E-state index in [-0.39, 0.29) is 11.9 Å². The summed E-state index contributed by atoms with van der Waals surface area (Å²) in [4.78, 5) is 0. The molecule has 0 aromatic heterocycles. The predicted molar refractivity (Wildman–Crippen MR) is 80.8 cm³/mol. The van der Waals surface area contributed by atoms with Crippen LogP contribution in [0.3, 0.4) is 0 Å². The van der Waals surface area contributed by atoms with Crippen LogP contribution in [-0.4, -0.2) is 38.2 Å². The van der Waals surface area contributed by atoms with Crippen LogP contribution in [0.4, 0.5) is 0 Å². The van der Waals surface area contributed by atoms with Crippen LogP contribution in [0.25, 0.3) is 0 Å². The summed E-state index contributed by atoms with van der Waals surface area (Å²) < 4.78 is 31.4. The average molecular weight is 338 g/mol. The van der Waals surface area contributed by atoms with Crippen LogP contribution in [-0.2, 0) is 14.8 Å². The monoisotopic (exact) mass is 337 g/mol. The normalized spacial score (nSPS) is 21.1. The molecule has 1 fully saturated rings. The molecular weight excluding hydrogens is 321 g/mol. The number of hydrogen-bond donors (Lipinski definition) is 0. The molecule has 0 saturated carbocycles. The number of halogens is 2. The summed E-state index contributed by atoms with van der Waals surface area (Å²) in [7, 11) is -3.20. The van der Waals surface area contributed by atoms with E-state index < -0.39 is 10.0 Å². The van der Waals surface area contributed by atoms with E-state index in [1.807, 2.05) is 13.0 Å². The van der Waals surface area contributed by atoms with Crippen molar-refractivity contribution in [3.05, 3.63) is 33.8 Å². The van der Waals surface area contributed by atoms with Crippen molar-refractivity contribution in [2.75, 3.05) is 25.4 Å². The lowest BCUT2D eigenvalue weighted by Crippen LogP contribution is -2.43. The van der Waals surface area contributed by atoms with E-state index in [0.29, 0.717) is 36.2 Å². The molecule has 1 unspecified atom stereocenters. The smallest absolute Gasteiger partial charge is 0.214 e. The standard InChI is InChI=1S/C13H17Cl2NO3S/c1-2-7-20(17,18)16-5-6-19-13(9-16)10-3-4-11(14)12(15)8-10/h3-4,8,13H,2,5-7,9H2,1H3. The topological polar surface area (TPSA) is 46.6 Å². The van der Waals surface area contributed by atoms with E-state index in [1.54, 1.807) is 12.1 Å². The van der Waals surface area contributed by atoms with Crippen LogP contribution in [0.5, 0.6) is 0 Å². The van der Waals surface area contributed by atoms with E-state index in [9.17, 15) is 8.42 Å². The highest BCUT2D eigenvalue weighted by Gasteiger charge is 2.29. The summed E-state index contributed by atoms with van der Waals surface area (Å²) >= 11 is 11.9. The fourth-order valence-corrected chi connectivity index (χ4v) is 3.98. The van der Waals surface area contributed by atoms with Gasteiger partial charge < -0.3 is 4.74 Å². The molecule has 1 aliphatic rings. The zero-order valence-electron chi connectivity index (χ0n) is 11.2. The number of sulfonamides is 1. The molecule has 1 heterocycles. The minimum Gasteiger partial charge on any atom is -0.371 e. The van der Waals surface area contributed by atoms with Gasteiger partial charge in [-0.05, 0) is 24.1 Å². The van der Waals surface area contributed by atoms with Gasteiger partial charge in [0.05, 0.1) is 28.5 Å². The zero-order valence-corrected chi connectivity index (χ0v) is 13.5. The first kappa shape index (κ1) is 16.0. The summed E-state index contributed by atoms with van der Waals surface area (Å²) in [5, 5.41) is 0.919. The lowest BCUT2D eigenvalue weighted by atomic mass is 10.1. The van der Waals surface area contributed by atoms with E-state index in [4.69, 9.17) is 27.9 Å². The van der Waals surface area contributed by atoms with Gasteiger partial charge in [-0.25, -0.2) is 8.42 Å². The first-order valence-corrected chi connectivity index (χ1v) is 8.85. The van der Waals surface area contributed by atoms with Gasteiger partial charge in [-0.2, -0.15) is 4.31 Å². The second kappa shape index (κ2) is 6.62. The fourth-order valence-electron chi connectivity index (χ4n) is 2.18. The molecule has 1 aliphatic heterocycles. The summed E-state index contributed by atoms with van der Waals surface area (Å²) in [6, 6.07) is 5.24. The van der Waals surface area contributed by atoms with E-state index in [0.717, 1.165) is 5.56 Å². The molecule has 112 valence electrons. The van der Waals surface area contributed by atoms with E-state index in [1.165, 1.54) is 4.31 Å². The van der Waals surface area contributed by atoms with Crippen LogP contribution in [0.15, 0.2) is 18.2 Å². The second-order valence-corrected chi connectivity index (χ2v) is 7.61. The highest BCUT2D eigenvalue weighted by Crippen LogP contribution is 2.29. The van der Waals surface area contributed by atoms with Gasteiger partial charge in [0.25, 0.3) is 0 Å². The maximum Gasteiger partial charge on any atom is 0.214 e. The highest BCUT2D eigenvalue weighted by molar-refractivity contribution is 7.89. The van der Waals surface area contributed by atoms with Gasteiger partial charge in [-0.3, -0.25) is 0 Å². The minimum atomic E-state index is -3.20. The van der Waals surface area contributed by atoms with Crippen molar-refractivity contribution < 1.29 is 13.2 Å². The van der Waals surface area contributed by atoms with Gasteiger partial charge in [0.15, 0.2) is 0 Å². The third-order valence-corrected chi connectivity index (χ3v) is 5.98. The molecule has 1 atom stereocenters. The molecule has 1 saturated heterocycles. The lowest BCUT2D eigenvalue weighted by Gasteiger charge is -2.32. The van der Waals surface area contributed by atoms with Crippen molar-refractivity contribution in [3.63, 3.8) is 0 Å². The summed E-state index contributed by atoms with van der Waals surface area (Å²) in [6.07, 6.45) is 0.307. The van der Waals surface area contributed by atoms with Crippen molar-refractivity contribution in [1.29, 1.82) is 0 Å². The lowest BCUT2D eigenvalue weighted by molar-refractivity contribution is -0.00253. The third-order valence-electron chi connectivity index (χ3n) is 3.20. The molecule has 4 nitrogen and oxygen atoms in total. The maximum absolute atomic E-state index is 12.1. The van der Waals surface area contributed by atoms with E-state index >= 15 is 0 Å². The number of ether oxygens (including phenoxy) is 1. The molecule has 20 heavy (non-hydrogen) atoms. The van der Waals surface area contributed by atoms with E-state index in [2.05, 4.69) is 0 Å². The summed E-state index contributed by atoms with van der Waals surface area (Å²) in [5.41, 5.74) is 0.843. The van der Waals surface area contributed by atoms with Gasteiger partial charge in [0.2, 0.25) is 10.0 Å². The Hall–Kier alpha value is -0.330. The Morgan fingerprint density at radius 2 is 2.10 bits per heavy atom. The number of hydrogen-bond acceptors (Lipinski definition) is 3. The molecule has 0 amide bonds. The average Bonchev–Trinajstić information content (AvgIpc) is 2.42. The number of nitrogens with zero attached hydrogens (tertiary/aromatic N) is 1. The van der Waals surface area contributed by atoms with Crippen molar-refractivity contribution in [3.8, 4) is 0 Å². The van der Waals surface area contributed by atoms with Gasteiger partial charge in [0.1, 0.15) is 0 Å². The van der Waals surface area contributed by atoms with Crippen LogP contribution >= 0.6 is 23.2 Å². The predicted octanol–water partition coefficient (Wildman–Crippen LogP) is 3.11. The highest BCUT2D eigenvalue weighted by atomic mass is 35.5. The first-order valence-electron chi connectivity index (χ1n) is 6.48. The van der Waals surface area contributed by atoms with Crippen LogP contribution in [0.2, 0.25) is 10.0 Å². The molecule has 0 aliphatic carbocycles. The Balaban J connectivity index is 2.16. The van der Waals surface area contributed by atoms with Crippen molar-refractivity contribution >= 4 is 33.2 Å². The molecule has 1 aromatic rings. The van der Waals surface area contributed by atoms with Gasteiger partial charge in [-0.15, -0.1) is 0 Å². The molecule has 1 aromatic carbocycles. The van der Waals surface area contributed by atoms with Crippen LogP contribution in [0, 0.1) is 0 Å². The zero-order chi connectivity index (χ0) is 14.8. The first-order chi connectivity index (χ1) is 9.44. The second-order valence-electron chi connectivity index (χ2n) is 4.71. The van der Waals surface area contributed by atoms with Crippen molar-refractivity contribution in [1.82, 2.24) is 4.31 Å². The minimum absolute atomic E-state index is 0.168. The Morgan fingerprint density at radius 1 is 1.35 bits per heavy atom. The summed E-state index contributed by atoms with van der Waals surface area (Å²) in [5.74, 6) is 0.168. The molecule has 0 radical (unpaired) electrons. The molecule has 7 heteroatoms. The largest absolute Gasteiger partial charge is 0.371 e. The van der Waals surface area contributed by atoms with Crippen LogP contribution < -0.4 is 0 Å². The molecular formula is C13H17Cl2NO3S. The van der Waals surface area contributed by atoms with Gasteiger partial charge in [-0.1, -0.05) is 36.2 Å². The number of rotatable bonds is 4.